The third-order valence-corrected chi connectivity index (χ3v) is 7.31. The van der Waals surface area contributed by atoms with Crippen molar-refractivity contribution in [2.24, 2.45) is 0 Å². The highest BCUT2D eigenvalue weighted by molar-refractivity contribution is 6.30. The molecule has 2 saturated heterocycles. The summed E-state index contributed by atoms with van der Waals surface area (Å²) in [5.74, 6) is -1.96. The quantitative estimate of drug-likeness (QED) is 0.476. The number of benzene rings is 2. The number of hydrogen-bond donors (Lipinski definition) is 1. The number of carbonyl (C=O) groups is 3. The van der Waals surface area contributed by atoms with Crippen molar-refractivity contribution in [3.8, 4) is 0 Å². The van der Waals surface area contributed by atoms with Gasteiger partial charge in [-0.15, -0.1) is 0 Å². The normalized spacial score (nSPS) is 20.9. The average molecular weight is 539 g/mol. The summed E-state index contributed by atoms with van der Waals surface area (Å²) in [5.41, 5.74) is 0.439. The Morgan fingerprint density at radius 3 is 2.43 bits per heavy atom. The molecule has 3 aliphatic heterocycles. The molecule has 196 valence electrons. The Morgan fingerprint density at radius 2 is 1.76 bits per heavy atom. The number of piperidine rings is 1. The fourth-order valence-corrected chi connectivity index (χ4v) is 5.33. The predicted molar refractivity (Wildman–Crippen MR) is 126 cm³/mol. The number of nitrogens with zero attached hydrogens (tertiary/aromatic N) is 3. The summed E-state index contributed by atoms with van der Waals surface area (Å²) >= 11 is 5.77. The lowest BCUT2D eigenvalue weighted by molar-refractivity contribution is -0.139. The van der Waals surface area contributed by atoms with Crippen molar-refractivity contribution in [1.29, 1.82) is 0 Å². The molecule has 0 aliphatic carbocycles. The molecular weight excluding hydrogens is 516 g/mol. The summed E-state index contributed by atoms with van der Waals surface area (Å²) < 4.78 is 55.4. The molecule has 1 atom stereocenters. The first-order chi connectivity index (χ1) is 17.5. The van der Waals surface area contributed by atoms with Gasteiger partial charge in [-0.2, -0.15) is 13.2 Å². The SMILES string of the molecule is O=C1CCC(N2Cc3cc(N4CCN(Cc5ccc(Cl)cc5C(F)(F)F)CC4)c(F)cc3C2=O)C(=O)N1. The minimum Gasteiger partial charge on any atom is -0.367 e. The fourth-order valence-electron chi connectivity index (χ4n) is 5.16. The van der Waals surface area contributed by atoms with Crippen molar-refractivity contribution in [3.63, 3.8) is 0 Å². The molecule has 0 spiro atoms. The van der Waals surface area contributed by atoms with Crippen LogP contribution in [0.25, 0.3) is 0 Å². The third-order valence-electron chi connectivity index (χ3n) is 7.08. The van der Waals surface area contributed by atoms with Crippen molar-refractivity contribution in [3.05, 3.63) is 63.4 Å². The van der Waals surface area contributed by atoms with Crippen LogP contribution < -0.4 is 10.2 Å². The van der Waals surface area contributed by atoms with Crippen LogP contribution in [0.5, 0.6) is 0 Å². The molecule has 0 saturated carbocycles. The summed E-state index contributed by atoms with van der Waals surface area (Å²) in [4.78, 5) is 41.6. The lowest BCUT2D eigenvalue weighted by Crippen LogP contribution is -2.52. The monoisotopic (exact) mass is 538 g/mol. The van der Waals surface area contributed by atoms with Crippen LogP contribution in [0.1, 0.15) is 39.9 Å². The van der Waals surface area contributed by atoms with Gasteiger partial charge in [-0.1, -0.05) is 17.7 Å². The van der Waals surface area contributed by atoms with Crippen LogP contribution in [-0.4, -0.2) is 59.7 Å². The van der Waals surface area contributed by atoms with Gasteiger partial charge in [0.15, 0.2) is 0 Å². The van der Waals surface area contributed by atoms with Gasteiger partial charge in [0.2, 0.25) is 11.8 Å². The molecule has 12 heteroatoms. The molecule has 2 fully saturated rings. The molecule has 1 N–H and O–H groups in total. The van der Waals surface area contributed by atoms with Crippen LogP contribution in [0.2, 0.25) is 5.02 Å². The van der Waals surface area contributed by atoms with Crippen molar-refractivity contribution in [1.82, 2.24) is 15.1 Å². The number of halogens is 5. The Balaban J connectivity index is 1.27. The van der Waals surface area contributed by atoms with Crippen LogP contribution in [0.4, 0.5) is 23.2 Å². The number of piperazine rings is 1. The second-order valence-corrected chi connectivity index (χ2v) is 9.86. The molecule has 0 radical (unpaired) electrons. The molecule has 3 heterocycles. The first-order valence-electron chi connectivity index (χ1n) is 11.8. The van der Waals surface area contributed by atoms with Crippen molar-refractivity contribution < 1.29 is 31.9 Å². The molecule has 0 aromatic heterocycles. The van der Waals surface area contributed by atoms with E-state index in [1.165, 1.54) is 23.1 Å². The molecule has 3 aliphatic rings. The van der Waals surface area contributed by atoms with Gasteiger partial charge in [-0.3, -0.25) is 24.6 Å². The molecule has 2 aromatic carbocycles. The van der Waals surface area contributed by atoms with Gasteiger partial charge in [0.25, 0.3) is 5.91 Å². The maximum Gasteiger partial charge on any atom is 0.416 e. The van der Waals surface area contributed by atoms with Crippen molar-refractivity contribution in [2.75, 3.05) is 31.1 Å². The van der Waals surface area contributed by atoms with Gasteiger partial charge in [0, 0.05) is 56.3 Å². The zero-order valence-electron chi connectivity index (χ0n) is 19.6. The summed E-state index contributed by atoms with van der Waals surface area (Å²) in [6, 6.07) is 5.72. The van der Waals surface area contributed by atoms with E-state index >= 15 is 4.39 Å². The van der Waals surface area contributed by atoms with Crippen LogP contribution in [0, 0.1) is 5.82 Å². The Bertz CT molecular complexity index is 1280. The first kappa shape index (κ1) is 25.5. The van der Waals surface area contributed by atoms with E-state index < -0.39 is 35.4 Å². The van der Waals surface area contributed by atoms with Gasteiger partial charge in [0.05, 0.1) is 11.3 Å². The van der Waals surface area contributed by atoms with Crippen LogP contribution in [0.15, 0.2) is 30.3 Å². The Morgan fingerprint density at radius 1 is 1.03 bits per heavy atom. The number of rotatable bonds is 4. The zero-order valence-corrected chi connectivity index (χ0v) is 20.3. The third kappa shape index (κ3) is 5.02. The van der Waals surface area contributed by atoms with Gasteiger partial charge in [0.1, 0.15) is 11.9 Å². The Labute approximate surface area is 214 Å². The standard InChI is InChI=1S/C25H23ClF4N4O3/c26-16-2-1-14(18(10-16)25(28,29)30)12-32-5-7-33(8-6-32)21-9-15-13-34(24(37)17(15)11-19(21)27)20-3-4-22(35)31-23(20)36/h1-2,9-11,20H,3-8,12-13H2,(H,31,35,36). The van der Waals surface area contributed by atoms with Crippen LogP contribution in [0.3, 0.4) is 0 Å². The van der Waals surface area contributed by atoms with E-state index in [0.29, 0.717) is 37.4 Å². The fraction of sp³-hybridized carbons (Fsp3) is 0.400. The second kappa shape index (κ2) is 9.60. The zero-order chi connectivity index (χ0) is 26.5. The number of alkyl halides is 3. The number of carbonyl (C=O) groups excluding carboxylic acids is 3. The number of hydrogen-bond acceptors (Lipinski definition) is 5. The van der Waals surface area contributed by atoms with E-state index in [1.54, 1.807) is 11.0 Å². The number of fused-ring (bicyclic) bond motifs is 1. The lowest BCUT2D eigenvalue weighted by Gasteiger charge is -2.36. The molecule has 2 aromatic rings. The highest BCUT2D eigenvalue weighted by Crippen LogP contribution is 2.35. The minimum atomic E-state index is -4.52. The van der Waals surface area contributed by atoms with Crippen molar-refractivity contribution in [2.45, 2.75) is 38.1 Å². The first-order valence-corrected chi connectivity index (χ1v) is 12.2. The van der Waals surface area contributed by atoms with E-state index in [4.69, 9.17) is 11.6 Å². The second-order valence-electron chi connectivity index (χ2n) is 9.42. The largest absolute Gasteiger partial charge is 0.416 e. The predicted octanol–water partition coefficient (Wildman–Crippen LogP) is 3.58. The maximum atomic E-state index is 15.1. The molecule has 0 bridgehead atoms. The molecular formula is C25H23ClF4N4O3. The van der Waals surface area contributed by atoms with E-state index in [9.17, 15) is 27.6 Å². The summed E-state index contributed by atoms with van der Waals surface area (Å²) in [6.45, 7) is 1.81. The number of anilines is 1. The van der Waals surface area contributed by atoms with E-state index in [2.05, 4.69) is 5.32 Å². The molecule has 5 rings (SSSR count). The molecule has 3 amide bonds. The van der Waals surface area contributed by atoms with Crippen LogP contribution >= 0.6 is 11.6 Å². The van der Waals surface area contributed by atoms with Gasteiger partial charge < -0.3 is 9.80 Å². The Kier molecular flexibility index (Phi) is 6.61. The number of imide groups is 1. The minimum absolute atomic E-state index is 0.0163. The van der Waals surface area contributed by atoms with Gasteiger partial charge in [-0.05, 0) is 41.8 Å². The molecule has 1 unspecified atom stereocenters. The van der Waals surface area contributed by atoms with E-state index in [1.807, 2.05) is 4.90 Å². The smallest absolute Gasteiger partial charge is 0.367 e. The summed E-state index contributed by atoms with van der Waals surface area (Å²) in [7, 11) is 0. The number of nitrogens with one attached hydrogen (secondary N) is 1. The van der Waals surface area contributed by atoms with Gasteiger partial charge in [-0.25, -0.2) is 4.39 Å². The van der Waals surface area contributed by atoms with Gasteiger partial charge >= 0.3 is 6.18 Å². The Hall–Kier alpha value is -3.18. The topological polar surface area (TPSA) is 73.0 Å². The van der Waals surface area contributed by atoms with Crippen molar-refractivity contribution >= 4 is 35.0 Å². The molecule has 7 nitrogen and oxygen atoms in total. The highest BCUT2D eigenvalue weighted by Gasteiger charge is 2.40. The average Bonchev–Trinajstić information content (AvgIpc) is 3.15. The molecule has 37 heavy (non-hydrogen) atoms. The summed E-state index contributed by atoms with van der Waals surface area (Å²) in [5, 5.41) is 2.25. The van der Waals surface area contributed by atoms with Crippen LogP contribution in [-0.2, 0) is 28.9 Å². The lowest BCUT2D eigenvalue weighted by atomic mass is 10.0. The number of amides is 3. The van der Waals surface area contributed by atoms with E-state index in [0.717, 1.165) is 6.07 Å². The highest BCUT2D eigenvalue weighted by atomic mass is 35.5. The maximum absolute atomic E-state index is 15.1. The van der Waals surface area contributed by atoms with E-state index in [-0.39, 0.29) is 48.0 Å². The summed E-state index contributed by atoms with van der Waals surface area (Å²) in [6.07, 6.45) is -4.18.